The molecule has 0 radical (unpaired) electrons. The van der Waals surface area contributed by atoms with E-state index in [1.165, 1.54) is 12.1 Å². The summed E-state index contributed by atoms with van der Waals surface area (Å²) < 4.78 is 0. The number of hydrogen-bond acceptors (Lipinski definition) is 4. The maximum atomic E-state index is 12.3. The molecule has 0 aliphatic carbocycles. The number of benzene rings is 3. The summed E-state index contributed by atoms with van der Waals surface area (Å²) in [6.07, 6.45) is 0. The van der Waals surface area contributed by atoms with E-state index in [-0.39, 0.29) is 11.1 Å². The Hall–Kier alpha value is -3.80. The van der Waals surface area contributed by atoms with Gasteiger partial charge in [0.25, 0.3) is 11.8 Å². The van der Waals surface area contributed by atoms with Crippen molar-refractivity contribution < 1.29 is 19.8 Å². The van der Waals surface area contributed by atoms with Gasteiger partial charge in [-0.25, -0.2) is 0 Å². The van der Waals surface area contributed by atoms with Crippen molar-refractivity contribution in [3.8, 4) is 11.5 Å². The molecule has 0 saturated carbocycles. The summed E-state index contributed by atoms with van der Waals surface area (Å²) in [5.74, 6) is -2.50. The van der Waals surface area contributed by atoms with Gasteiger partial charge in [-0.2, -0.15) is 0 Å². The molecular weight excluding hydrogens is 332 g/mol. The monoisotopic (exact) mass is 348 g/mol. The van der Waals surface area contributed by atoms with Gasteiger partial charge in [-0.3, -0.25) is 9.59 Å². The molecule has 6 nitrogen and oxygen atoms in total. The molecule has 0 heterocycles. The number of nitrogens with one attached hydrogen (secondary N) is 2. The molecule has 0 saturated heterocycles. The lowest BCUT2D eigenvalue weighted by Crippen LogP contribution is -2.15. The van der Waals surface area contributed by atoms with Crippen LogP contribution in [-0.2, 0) is 0 Å². The van der Waals surface area contributed by atoms with Crippen LogP contribution in [0.25, 0.3) is 0 Å². The van der Waals surface area contributed by atoms with E-state index < -0.39 is 23.3 Å². The van der Waals surface area contributed by atoms with Crippen molar-refractivity contribution >= 4 is 23.2 Å². The lowest BCUT2D eigenvalue weighted by Gasteiger charge is -2.11. The molecular formula is C20H16N2O4. The second-order valence-corrected chi connectivity index (χ2v) is 5.50. The Morgan fingerprint density at radius 3 is 1.27 bits per heavy atom. The van der Waals surface area contributed by atoms with E-state index in [0.717, 1.165) is 0 Å². The highest BCUT2D eigenvalue weighted by Crippen LogP contribution is 2.33. The van der Waals surface area contributed by atoms with E-state index >= 15 is 0 Å². The third kappa shape index (κ3) is 3.64. The molecule has 4 N–H and O–H groups in total. The summed E-state index contributed by atoms with van der Waals surface area (Å²) in [5.41, 5.74) is 0.815. The summed E-state index contributed by atoms with van der Waals surface area (Å²) in [7, 11) is 0. The van der Waals surface area contributed by atoms with Crippen LogP contribution in [-0.4, -0.2) is 22.0 Å². The molecule has 2 amide bonds. The average Bonchev–Trinajstić information content (AvgIpc) is 2.65. The predicted octanol–water partition coefficient (Wildman–Crippen LogP) is 3.60. The van der Waals surface area contributed by atoms with Crippen LogP contribution in [0.3, 0.4) is 0 Å². The fourth-order valence-electron chi connectivity index (χ4n) is 2.39. The minimum absolute atomic E-state index is 0.136. The first kappa shape index (κ1) is 17.0. The molecule has 3 aromatic rings. The number of para-hydroxylation sites is 2. The van der Waals surface area contributed by atoms with Gasteiger partial charge in [0.2, 0.25) is 0 Å². The molecule has 0 bridgehead atoms. The van der Waals surface area contributed by atoms with Gasteiger partial charge in [0.05, 0.1) is 11.1 Å². The molecule has 0 fully saturated rings. The fraction of sp³-hybridized carbons (Fsp3) is 0. The Labute approximate surface area is 149 Å². The van der Waals surface area contributed by atoms with Gasteiger partial charge in [0, 0.05) is 11.4 Å². The lowest BCUT2D eigenvalue weighted by atomic mass is 10.1. The highest BCUT2D eigenvalue weighted by Gasteiger charge is 2.21. The zero-order valence-electron chi connectivity index (χ0n) is 13.6. The average molecular weight is 348 g/mol. The zero-order chi connectivity index (χ0) is 18.5. The SMILES string of the molecule is O=C(Nc1ccccc1)c1ccc(C(=O)Nc2ccccc2)c(O)c1O. The third-order valence-electron chi connectivity index (χ3n) is 3.70. The normalized spacial score (nSPS) is 10.2. The molecule has 130 valence electrons. The minimum Gasteiger partial charge on any atom is -0.504 e. The molecule has 0 atom stereocenters. The third-order valence-corrected chi connectivity index (χ3v) is 3.70. The largest absolute Gasteiger partial charge is 0.504 e. The van der Waals surface area contributed by atoms with Crippen LogP contribution < -0.4 is 10.6 Å². The topological polar surface area (TPSA) is 98.7 Å². The van der Waals surface area contributed by atoms with Crippen LogP contribution in [0.2, 0.25) is 0 Å². The van der Waals surface area contributed by atoms with Gasteiger partial charge in [0.1, 0.15) is 0 Å². The van der Waals surface area contributed by atoms with Crippen LogP contribution in [0.15, 0.2) is 72.8 Å². The Balaban J connectivity index is 1.82. The maximum absolute atomic E-state index is 12.3. The molecule has 0 aromatic heterocycles. The van der Waals surface area contributed by atoms with Gasteiger partial charge in [-0.15, -0.1) is 0 Å². The van der Waals surface area contributed by atoms with Crippen molar-refractivity contribution in [2.75, 3.05) is 10.6 Å². The molecule has 0 unspecified atom stereocenters. The predicted molar refractivity (Wildman–Crippen MR) is 98.6 cm³/mol. The minimum atomic E-state index is -0.654. The first-order valence-corrected chi connectivity index (χ1v) is 7.84. The van der Waals surface area contributed by atoms with Crippen LogP contribution in [0.4, 0.5) is 11.4 Å². The summed E-state index contributed by atoms with van der Waals surface area (Å²) in [6, 6.07) is 20.0. The summed E-state index contributed by atoms with van der Waals surface area (Å²) in [4.78, 5) is 24.6. The van der Waals surface area contributed by atoms with Crippen LogP contribution in [0.5, 0.6) is 11.5 Å². The van der Waals surface area contributed by atoms with Gasteiger partial charge in [-0.1, -0.05) is 36.4 Å². The highest BCUT2D eigenvalue weighted by atomic mass is 16.3. The van der Waals surface area contributed by atoms with Crippen molar-refractivity contribution in [2.45, 2.75) is 0 Å². The molecule has 3 aromatic carbocycles. The highest BCUT2D eigenvalue weighted by molar-refractivity contribution is 6.10. The van der Waals surface area contributed by atoms with E-state index in [9.17, 15) is 19.8 Å². The van der Waals surface area contributed by atoms with Crippen molar-refractivity contribution in [2.24, 2.45) is 0 Å². The van der Waals surface area contributed by atoms with Crippen molar-refractivity contribution in [3.05, 3.63) is 83.9 Å². The van der Waals surface area contributed by atoms with E-state index in [0.29, 0.717) is 11.4 Å². The van der Waals surface area contributed by atoms with Crippen LogP contribution >= 0.6 is 0 Å². The standard InChI is InChI=1S/C20H16N2O4/c23-17-15(19(25)21-13-7-3-1-4-8-13)11-12-16(18(17)24)20(26)22-14-9-5-2-6-10-14/h1-12,23-24H,(H,21,25)(H,22,26). The second kappa shape index (κ2) is 7.40. The number of amides is 2. The lowest BCUT2D eigenvalue weighted by molar-refractivity contribution is 0.101. The van der Waals surface area contributed by atoms with Gasteiger partial charge >= 0.3 is 0 Å². The summed E-state index contributed by atoms with van der Waals surface area (Å²) in [5, 5.41) is 25.5. The number of aromatic hydroxyl groups is 2. The second-order valence-electron chi connectivity index (χ2n) is 5.50. The van der Waals surface area contributed by atoms with Crippen LogP contribution in [0.1, 0.15) is 20.7 Å². The quantitative estimate of drug-likeness (QED) is 0.541. The maximum Gasteiger partial charge on any atom is 0.259 e. The number of rotatable bonds is 4. The zero-order valence-corrected chi connectivity index (χ0v) is 13.6. The van der Waals surface area contributed by atoms with Crippen molar-refractivity contribution in [1.29, 1.82) is 0 Å². The number of phenolic OH excluding ortho intramolecular Hbond substituents is 2. The smallest absolute Gasteiger partial charge is 0.259 e. The fourth-order valence-corrected chi connectivity index (χ4v) is 2.39. The Morgan fingerprint density at radius 1 is 0.577 bits per heavy atom. The molecule has 3 rings (SSSR count). The van der Waals surface area contributed by atoms with Gasteiger partial charge < -0.3 is 20.8 Å². The Morgan fingerprint density at radius 2 is 0.923 bits per heavy atom. The molecule has 0 spiro atoms. The molecule has 0 aliphatic rings. The van der Waals surface area contributed by atoms with Gasteiger partial charge in [0.15, 0.2) is 11.5 Å². The van der Waals surface area contributed by atoms with E-state index in [1.807, 2.05) is 0 Å². The summed E-state index contributed by atoms with van der Waals surface area (Å²) in [6.45, 7) is 0. The van der Waals surface area contributed by atoms with E-state index in [2.05, 4.69) is 10.6 Å². The van der Waals surface area contributed by atoms with E-state index in [1.54, 1.807) is 60.7 Å². The molecule has 0 aliphatic heterocycles. The summed E-state index contributed by atoms with van der Waals surface area (Å²) >= 11 is 0. The Bertz CT molecular complexity index is 862. The number of carbonyl (C=O) groups excluding carboxylic acids is 2. The first-order chi connectivity index (χ1) is 12.6. The number of carbonyl (C=O) groups is 2. The van der Waals surface area contributed by atoms with Crippen LogP contribution in [0, 0.1) is 0 Å². The number of hydrogen-bond donors (Lipinski definition) is 4. The van der Waals surface area contributed by atoms with Crippen molar-refractivity contribution in [3.63, 3.8) is 0 Å². The first-order valence-electron chi connectivity index (χ1n) is 7.84. The van der Waals surface area contributed by atoms with Gasteiger partial charge in [-0.05, 0) is 36.4 Å². The molecule has 6 heteroatoms. The number of anilines is 2. The molecule has 26 heavy (non-hydrogen) atoms. The number of phenols is 2. The van der Waals surface area contributed by atoms with E-state index in [4.69, 9.17) is 0 Å². The van der Waals surface area contributed by atoms with Crippen molar-refractivity contribution in [1.82, 2.24) is 0 Å². The Kier molecular flexibility index (Phi) is 4.85.